The Labute approximate surface area is 176 Å². The molecule has 0 radical (unpaired) electrons. The summed E-state index contributed by atoms with van der Waals surface area (Å²) in [6, 6.07) is 10.7. The largest absolute Gasteiger partial charge is 0.465 e. The van der Waals surface area contributed by atoms with Crippen LogP contribution in [-0.2, 0) is 25.9 Å². The summed E-state index contributed by atoms with van der Waals surface area (Å²) in [5, 5.41) is 0.524. The molecule has 1 heterocycles. The molecule has 0 N–H and O–H groups in total. The minimum Gasteiger partial charge on any atom is -0.465 e. The molecule has 0 saturated carbocycles. The zero-order chi connectivity index (χ0) is 21.2. The lowest BCUT2D eigenvalue weighted by Gasteiger charge is -2.05. The van der Waals surface area contributed by atoms with Crippen LogP contribution in [0.4, 0.5) is 0 Å². The van der Waals surface area contributed by atoms with Crippen molar-refractivity contribution in [2.75, 3.05) is 12.9 Å². The number of ether oxygens (including phenoxy) is 1. The molecule has 10 heteroatoms. The predicted molar refractivity (Wildman–Crippen MR) is 111 cm³/mol. The van der Waals surface area contributed by atoms with Gasteiger partial charge in [-0.25, -0.2) is 8.42 Å². The van der Waals surface area contributed by atoms with Gasteiger partial charge >= 0.3 is 5.97 Å². The van der Waals surface area contributed by atoms with Gasteiger partial charge in [-0.3, -0.25) is 9.59 Å². The fourth-order valence-corrected chi connectivity index (χ4v) is 4.55. The highest BCUT2D eigenvalue weighted by molar-refractivity contribution is 7.90. The predicted octanol–water partition coefficient (Wildman–Crippen LogP) is 3.06. The molecule has 0 spiro atoms. The number of fused-ring (bicyclic) bond motifs is 1. The summed E-state index contributed by atoms with van der Waals surface area (Å²) in [7, 11) is -3.36. The van der Waals surface area contributed by atoms with E-state index in [9.17, 15) is 18.0 Å². The highest BCUT2D eigenvalue weighted by Gasteiger charge is 2.14. The molecule has 3 aromatic rings. The molecule has 0 aliphatic heterocycles. The van der Waals surface area contributed by atoms with Gasteiger partial charge in [0.05, 0.1) is 21.7 Å². The second kappa shape index (κ2) is 8.48. The Morgan fingerprint density at radius 3 is 2.48 bits per heavy atom. The van der Waals surface area contributed by atoms with Crippen molar-refractivity contribution in [1.29, 1.82) is 0 Å². The molecule has 2 aromatic carbocycles. The molecule has 0 atom stereocenters. The first-order valence-corrected chi connectivity index (χ1v) is 11.6. The third-order valence-corrected chi connectivity index (χ3v) is 6.37. The van der Waals surface area contributed by atoms with Crippen LogP contribution < -0.4 is 4.80 Å². The molecule has 0 bridgehead atoms. The summed E-state index contributed by atoms with van der Waals surface area (Å²) in [5.41, 5.74) is 0.932. The Kier molecular flexibility index (Phi) is 6.21. The quantitative estimate of drug-likeness (QED) is 0.554. The van der Waals surface area contributed by atoms with Gasteiger partial charge in [0.15, 0.2) is 14.6 Å². The van der Waals surface area contributed by atoms with Gasteiger partial charge in [-0.05, 0) is 49.4 Å². The number of hydrogen-bond donors (Lipinski definition) is 0. The highest BCUT2D eigenvalue weighted by Crippen LogP contribution is 2.22. The van der Waals surface area contributed by atoms with Crippen LogP contribution in [0.1, 0.15) is 17.3 Å². The van der Waals surface area contributed by atoms with Crippen molar-refractivity contribution in [2.24, 2.45) is 4.99 Å². The molecule has 29 heavy (non-hydrogen) atoms. The van der Waals surface area contributed by atoms with Gasteiger partial charge in [-0.2, -0.15) is 4.99 Å². The standard InChI is InChI=1S/C19H17ClN2O5S2/c1-3-27-17(23)11-22-15-9-6-13(20)10-16(15)28-19(22)21-18(24)12-4-7-14(8-5-12)29(2,25)26/h4-10H,3,11H2,1-2H3. The molecule has 0 saturated heterocycles. The summed E-state index contributed by atoms with van der Waals surface area (Å²) >= 11 is 7.26. The van der Waals surface area contributed by atoms with Gasteiger partial charge in [0.2, 0.25) is 0 Å². The van der Waals surface area contributed by atoms with Crippen LogP contribution in [-0.4, -0.2) is 37.7 Å². The van der Waals surface area contributed by atoms with Gasteiger partial charge in [0, 0.05) is 16.8 Å². The number of esters is 1. The number of nitrogens with zero attached hydrogens (tertiary/aromatic N) is 2. The number of carbonyl (C=O) groups excluding carboxylic acids is 2. The number of aromatic nitrogens is 1. The molecule has 152 valence electrons. The van der Waals surface area contributed by atoms with Crippen LogP contribution in [0.25, 0.3) is 10.2 Å². The van der Waals surface area contributed by atoms with E-state index in [0.29, 0.717) is 15.3 Å². The molecule has 1 amide bonds. The van der Waals surface area contributed by atoms with E-state index < -0.39 is 21.7 Å². The van der Waals surface area contributed by atoms with E-state index >= 15 is 0 Å². The van der Waals surface area contributed by atoms with Crippen molar-refractivity contribution < 1.29 is 22.7 Å². The van der Waals surface area contributed by atoms with Crippen LogP contribution in [0.5, 0.6) is 0 Å². The molecule has 0 aliphatic rings. The number of thiazole rings is 1. The molecule has 0 unspecified atom stereocenters. The van der Waals surface area contributed by atoms with Gasteiger partial charge in [-0.15, -0.1) is 0 Å². The molecule has 0 aliphatic carbocycles. The minimum absolute atomic E-state index is 0.103. The summed E-state index contributed by atoms with van der Waals surface area (Å²) in [6.45, 7) is 1.85. The Balaban J connectivity index is 2.06. The molecule has 3 rings (SSSR count). The number of rotatable bonds is 5. The van der Waals surface area contributed by atoms with E-state index in [1.54, 1.807) is 29.7 Å². The maximum absolute atomic E-state index is 12.6. The maximum atomic E-state index is 12.6. The fourth-order valence-electron chi connectivity index (χ4n) is 2.62. The van der Waals surface area contributed by atoms with E-state index in [0.717, 1.165) is 11.0 Å². The topological polar surface area (TPSA) is 94.8 Å². The summed E-state index contributed by atoms with van der Waals surface area (Å²) in [6.07, 6.45) is 1.09. The Morgan fingerprint density at radius 2 is 1.86 bits per heavy atom. The average Bonchev–Trinajstić information content (AvgIpc) is 2.97. The van der Waals surface area contributed by atoms with Crippen LogP contribution >= 0.6 is 22.9 Å². The van der Waals surface area contributed by atoms with Crippen LogP contribution in [0.15, 0.2) is 52.4 Å². The molecule has 0 fully saturated rings. The van der Waals surface area contributed by atoms with Gasteiger partial charge in [-0.1, -0.05) is 22.9 Å². The number of halogens is 1. The minimum atomic E-state index is -3.36. The number of hydrogen-bond acceptors (Lipinski definition) is 6. The second-order valence-electron chi connectivity index (χ2n) is 6.10. The summed E-state index contributed by atoms with van der Waals surface area (Å²) in [5.74, 6) is -1.01. The zero-order valence-corrected chi connectivity index (χ0v) is 18.0. The van der Waals surface area contributed by atoms with E-state index in [1.807, 2.05) is 0 Å². The van der Waals surface area contributed by atoms with Gasteiger partial charge in [0.25, 0.3) is 5.91 Å². The number of amides is 1. The monoisotopic (exact) mass is 452 g/mol. The van der Waals surface area contributed by atoms with Crippen LogP contribution in [0.2, 0.25) is 5.02 Å². The van der Waals surface area contributed by atoms with Gasteiger partial charge in [0.1, 0.15) is 6.54 Å². The first kappa shape index (κ1) is 21.2. The second-order valence-corrected chi connectivity index (χ2v) is 9.56. The number of sulfone groups is 1. The summed E-state index contributed by atoms with van der Waals surface area (Å²) < 4.78 is 30.5. The van der Waals surface area contributed by atoms with Crippen molar-refractivity contribution in [3.8, 4) is 0 Å². The zero-order valence-electron chi connectivity index (χ0n) is 15.6. The lowest BCUT2D eigenvalue weighted by Crippen LogP contribution is -2.23. The van der Waals surface area contributed by atoms with Crippen molar-refractivity contribution in [2.45, 2.75) is 18.4 Å². The van der Waals surface area contributed by atoms with Crippen LogP contribution in [0.3, 0.4) is 0 Å². The van der Waals surface area contributed by atoms with E-state index in [-0.39, 0.29) is 23.6 Å². The Bertz CT molecular complexity index is 1260. The smallest absolute Gasteiger partial charge is 0.326 e. The van der Waals surface area contributed by atoms with E-state index in [1.165, 1.54) is 35.6 Å². The lowest BCUT2D eigenvalue weighted by atomic mass is 10.2. The third-order valence-electron chi connectivity index (χ3n) is 3.96. The molecular weight excluding hydrogens is 436 g/mol. The molecule has 1 aromatic heterocycles. The molecule has 7 nitrogen and oxygen atoms in total. The number of benzene rings is 2. The molecular formula is C19H17ClN2O5S2. The SMILES string of the molecule is CCOC(=O)Cn1c(=NC(=O)c2ccc(S(C)(=O)=O)cc2)sc2cc(Cl)ccc21. The first-order chi connectivity index (χ1) is 13.7. The average molecular weight is 453 g/mol. The lowest BCUT2D eigenvalue weighted by molar-refractivity contribution is -0.143. The fraction of sp³-hybridized carbons (Fsp3) is 0.211. The first-order valence-electron chi connectivity index (χ1n) is 8.52. The van der Waals surface area contributed by atoms with E-state index in [2.05, 4.69) is 4.99 Å². The Morgan fingerprint density at radius 1 is 1.17 bits per heavy atom. The number of carbonyl (C=O) groups is 2. The van der Waals surface area contributed by atoms with Crippen molar-refractivity contribution in [3.63, 3.8) is 0 Å². The third kappa shape index (κ3) is 4.92. The van der Waals surface area contributed by atoms with Crippen molar-refractivity contribution in [3.05, 3.63) is 57.9 Å². The van der Waals surface area contributed by atoms with Crippen molar-refractivity contribution >= 4 is 54.9 Å². The maximum Gasteiger partial charge on any atom is 0.326 e. The summed E-state index contributed by atoms with van der Waals surface area (Å²) in [4.78, 5) is 29.2. The normalized spacial score (nSPS) is 12.3. The van der Waals surface area contributed by atoms with Crippen molar-refractivity contribution in [1.82, 2.24) is 4.57 Å². The van der Waals surface area contributed by atoms with Gasteiger partial charge < -0.3 is 9.30 Å². The van der Waals surface area contributed by atoms with Crippen LogP contribution in [0, 0.1) is 0 Å². The highest BCUT2D eigenvalue weighted by atomic mass is 35.5. The Hall–Kier alpha value is -2.49. The van der Waals surface area contributed by atoms with E-state index in [4.69, 9.17) is 16.3 Å².